The van der Waals surface area contributed by atoms with Crippen LogP contribution in [0.1, 0.15) is 22.8 Å². The lowest BCUT2D eigenvalue weighted by molar-refractivity contribution is 0.0785. The summed E-state index contributed by atoms with van der Waals surface area (Å²) in [6.45, 7) is 2.89. The lowest BCUT2D eigenvalue weighted by Crippen LogP contribution is -2.27. The second kappa shape index (κ2) is 6.78. The Labute approximate surface area is 122 Å². The van der Waals surface area contributed by atoms with Gasteiger partial charge in [-0.1, -0.05) is 6.07 Å². The molecule has 0 unspecified atom stereocenters. The summed E-state index contributed by atoms with van der Waals surface area (Å²) < 4.78 is 13.4. The number of nitrogens with zero attached hydrogens (tertiary/aromatic N) is 3. The molecule has 21 heavy (non-hydrogen) atoms. The quantitative estimate of drug-likeness (QED) is 0.917. The second-order valence-corrected chi connectivity index (χ2v) is 4.60. The summed E-state index contributed by atoms with van der Waals surface area (Å²) in [7, 11) is 1.66. The topological polar surface area (TPSA) is 58.1 Å². The number of nitrogens with one attached hydrogen (secondary N) is 1. The van der Waals surface area contributed by atoms with E-state index < -0.39 is 5.82 Å². The molecule has 0 aliphatic carbocycles. The van der Waals surface area contributed by atoms with Crippen LogP contribution in [0.4, 0.5) is 10.2 Å². The summed E-state index contributed by atoms with van der Waals surface area (Å²) in [5.41, 5.74) is 1.13. The summed E-state index contributed by atoms with van der Waals surface area (Å²) in [5.74, 6) is -0.432. The zero-order valence-electron chi connectivity index (χ0n) is 12.0. The van der Waals surface area contributed by atoms with Crippen LogP contribution in [0.25, 0.3) is 0 Å². The number of aromatic nitrogens is 2. The molecule has 0 saturated carbocycles. The van der Waals surface area contributed by atoms with Crippen LogP contribution in [0.5, 0.6) is 0 Å². The van der Waals surface area contributed by atoms with Crippen molar-refractivity contribution in [3.63, 3.8) is 0 Å². The van der Waals surface area contributed by atoms with Crippen LogP contribution in [0.15, 0.2) is 36.8 Å². The van der Waals surface area contributed by atoms with Crippen LogP contribution in [-0.2, 0) is 6.54 Å². The predicted molar refractivity (Wildman–Crippen MR) is 78.4 cm³/mol. The molecule has 0 aliphatic rings. The zero-order chi connectivity index (χ0) is 15.2. The van der Waals surface area contributed by atoms with Crippen molar-refractivity contribution in [2.75, 3.05) is 18.9 Å². The highest BCUT2D eigenvalue weighted by Crippen LogP contribution is 2.16. The monoisotopic (exact) mass is 288 g/mol. The third kappa shape index (κ3) is 3.75. The van der Waals surface area contributed by atoms with Gasteiger partial charge in [0, 0.05) is 32.5 Å². The van der Waals surface area contributed by atoms with Gasteiger partial charge in [0.25, 0.3) is 5.91 Å². The molecule has 0 radical (unpaired) electrons. The van der Waals surface area contributed by atoms with E-state index >= 15 is 0 Å². The van der Waals surface area contributed by atoms with E-state index in [2.05, 4.69) is 15.3 Å². The fraction of sp³-hybridized carbons (Fsp3) is 0.267. The number of anilines is 1. The molecule has 2 aromatic rings. The lowest BCUT2D eigenvalue weighted by Gasteiger charge is -2.18. The highest BCUT2D eigenvalue weighted by Gasteiger charge is 2.18. The van der Waals surface area contributed by atoms with Crippen molar-refractivity contribution in [3.8, 4) is 0 Å². The number of rotatable bonds is 5. The van der Waals surface area contributed by atoms with Crippen LogP contribution < -0.4 is 5.32 Å². The Morgan fingerprint density at radius 3 is 2.90 bits per heavy atom. The molecule has 110 valence electrons. The SMILES string of the molecule is CCNc1ncc(F)cc1C(=O)N(C)Cc1cccnc1. The van der Waals surface area contributed by atoms with Gasteiger partial charge in [0.2, 0.25) is 0 Å². The van der Waals surface area contributed by atoms with Gasteiger partial charge in [-0.15, -0.1) is 0 Å². The maximum atomic E-state index is 13.4. The van der Waals surface area contributed by atoms with E-state index in [1.54, 1.807) is 19.4 Å². The van der Waals surface area contributed by atoms with E-state index in [4.69, 9.17) is 0 Å². The Kier molecular flexibility index (Phi) is 4.81. The number of pyridine rings is 2. The summed E-state index contributed by atoms with van der Waals surface area (Å²) in [5, 5.41) is 2.97. The molecular formula is C15H17FN4O. The van der Waals surface area contributed by atoms with E-state index in [1.165, 1.54) is 11.0 Å². The third-order valence-corrected chi connectivity index (χ3v) is 2.92. The summed E-state index contributed by atoms with van der Waals surface area (Å²) >= 11 is 0. The first-order valence-corrected chi connectivity index (χ1v) is 6.65. The second-order valence-electron chi connectivity index (χ2n) is 4.60. The fourth-order valence-electron chi connectivity index (χ4n) is 1.95. The third-order valence-electron chi connectivity index (χ3n) is 2.92. The van der Waals surface area contributed by atoms with Crippen molar-refractivity contribution in [3.05, 3.63) is 53.7 Å². The molecule has 0 aliphatic heterocycles. The van der Waals surface area contributed by atoms with Gasteiger partial charge in [0.05, 0.1) is 11.8 Å². The summed E-state index contributed by atoms with van der Waals surface area (Å²) in [4.78, 5) is 21.9. The van der Waals surface area contributed by atoms with Gasteiger partial charge >= 0.3 is 0 Å². The lowest BCUT2D eigenvalue weighted by atomic mass is 10.2. The van der Waals surface area contributed by atoms with E-state index in [1.807, 2.05) is 19.1 Å². The van der Waals surface area contributed by atoms with Crippen molar-refractivity contribution >= 4 is 11.7 Å². The Morgan fingerprint density at radius 2 is 2.24 bits per heavy atom. The van der Waals surface area contributed by atoms with Gasteiger partial charge in [-0.3, -0.25) is 9.78 Å². The van der Waals surface area contributed by atoms with Gasteiger partial charge in [-0.05, 0) is 24.6 Å². The number of hydrogen-bond donors (Lipinski definition) is 1. The first-order chi connectivity index (χ1) is 10.1. The fourth-order valence-corrected chi connectivity index (χ4v) is 1.95. The zero-order valence-corrected chi connectivity index (χ0v) is 12.0. The largest absolute Gasteiger partial charge is 0.370 e. The highest BCUT2D eigenvalue weighted by atomic mass is 19.1. The number of amides is 1. The minimum absolute atomic E-state index is 0.225. The van der Waals surface area contributed by atoms with Gasteiger partial charge < -0.3 is 10.2 Å². The van der Waals surface area contributed by atoms with Crippen LogP contribution in [0.3, 0.4) is 0 Å². The van der Waals surface area contributed by atoms with Crippen molar-refractivity contribution in [2.45, 2.75) is 13.5 Å². The molecule has 0 bridgehead atoms. The average molecular weight is 288 g/mol. The van der Waals surface area contributed by atoms with Crippen LogP contribution in [0, 0.1) is 5.82 Å². The maximum absolute atomic E-state index is 13.4. The number of hydrogen-bond acceptors (Lipinski definition) is 4. The normalized spacial score (nSPS) is 10.2. The van der Waals surface area contributed by atoms with Crippen molar-refractivity contribution in [1.82, 2.24) is 14.9 Å². The Balaban J connectivity index is 2.20. The molecule has 1 N–H and O–H groups in total. The number of carbonyl (C=O) groups excluding carboxylic acids is 1. The molecular weight excluding hydrogens is 271 g/mol. The average Bonchev–Trinajstić information content (AvgIpc) is 2.49. The molecule has 0 spiro atoms. The van der Waals surface area contributed by atoms with E-state index in [-0.39, 0.29) is 11.5 Å². The maximum Gasteiger partial charge on any atom is 0.257 e. The first-order valence-electron chi connectivity index (χ1n) is 6.65. The van der Waals surface area contributed by atoms with Crippen molar-refractivity contribution in [1.29, 1.82) is 0 Å². The van der Waals surface area contributed by atoms with Gasteiger partial charge in [0.15, 0.2) is 0 Å². The van der Waals surface area contributed by atoms with E-state index in [0.717, 1.165) is 11.8 Å². The van der Waals surface area contributed by atoms with Gasteiger partial charge in [0.1, 0.15) is 11.6 Å². The van der Waals surface area contributed by atoms with Crippen molar-refractivity contribution in [2.24, 2.45) is 0 Å². The molecule has 2 heterocycles. The van der Waals surface area contributed by atoms with Gasteiger partial charge in [-0.25, -0.2) is 9.37 Å². The standard InChI is InChI=1S/C15H17FN4O/c1-3-18-14-13(7-12(16)9-19-14)15(21)20(2)10-11-5-4-6-17-8-11/h4-9H,3,10H2,1-2H3,(H,18,19). The highest BCUT2D eigenvalue weighted by molar-refractivity contribution is 5.98. The van der Waals surface area contributed by atoms with Crippen LogP contribution in [0.2, 0.25) is 0 Å². The molecule has 2 rings (SSSR count). The molecule has 0 fully saturated rings. The predicted octanol–water partition coefficient (Wildman–Crippen LogP) is 2.32. The van der Waals surface area contributed by atoms with Crippen LogP contribution >= 0.6 is 0 Å². The van der Waals surface area contributed by atoms with E-state index in [9.17, 15) is 9.18 Å². The Bertz CT molecular complexity index is 618. The molecule has 2 aromatic heterocycles. The number of halogens is 1. The smallest absolute Gasteiger partial charge is 0.257 e. The molecule has 0 saturated heterocycles. The molecule has 0 atom stereocenters. The molecule has 1 amide bonds. The van der Waals surface area contributed by atoms with Crippen LogP contribution in [-0.4, -0.2) is 34.4 Å². The Hall–Kier alpha value is -2.50. The number of carbonyl (C=O) groups is 1. The summed E-state index contributed by atoms with van der Waals surface area (Å²) in [6, 6.07) is 4.89. The van der Waals surface area contributed by atoms with Crippen molar-refractivity contribution < 1.29 is 9.18 Å². The van der Waals surface area contributed by atoms with E-state index in [0.29, 0.717) is 18.9 Å². The molecule has 0 aromatic carbocycles. The molecule has 6 heteroatoms. The molecule has 5 nitrogen and oxygen atoms in total. The summed E-state index contributed by atoms with van der Waals surface area (Å²) in [6.07, 6.45) is 4.46. The minimum Gasteiger partial charge on any atom is -0.370 e. The van der Waals surface area contributed by atoms with Gasteiger partial charge in [-0.2, -0.15) is 0 Å². The minimum atomic E-state index is -0.533. The first kappa shape index (κ1) is 14.9. The Morgan fingerprint density at radius 1 is 1.43 bits per heavy atom.